The molecule has 0 fully saturated rings. The van der Waals surface area contributed by atoms with E-state index in [4.69, 9.17) is 5.73 Å². The molecule has 3 aromatic rings. The topological polar surface area (TPSA) is 26.0 Å². The summed E-state index contributed by atoms with van der Waals surface area (Å²) in [4.78, 5) is 0. The minimum Gasteiger partial charge on any atom is -0.326 e. The van der Waals surface area contributed by atoms with Gasteiger partial charge in [-0.25, -0.2) is 4.39 Å². The van der Waals surface area contributed by atoms with E-state index >= 15 is 0 Å². The van der Waals surface area contributed by atoms with E-state index in [1.165, 1.54) is 16.8 Å². The average Bonchev–Trinajstić information content (AvgIpc) is 2.47. The Balaban J connectivity index is 2.13. The molecule has 19 heavy (non-hydrogen) atoms. The Labute approximate surface area is 111 Å². The van der Waals surface area contributed by atoms with Crippen molar-refractivity contribution in [3.63, 3.8) is 0 Å². The zero-order valence-electron chi connectivity index (χ0n) is 10.4. The molecular formula is C17H14FN. The fourth-order valence-corrected chi connectivity index (χ4v) is 2.28. The van der Waals surface area contributed by atoms with E-state index < -0.39 is 0 Å². The van der Waals surface area contributed by atoms with E-state index in [1.54, 1.807) is 6.07 Å². The lowest BCUT2D eigenvalue weighted by Crippen LogP contribution is -1.99. The van der Waals surface area contributed by atoms with E-state index in [1.807, 2.05) is 18.2 Å². The molecule has 0 aliphatic carbocycles. The molecule has 2 N–H and O–H groups in total. The van der Waals surface area contributed by atoms with Crippen molar-refractivity contribution < 1.29 is 4.39 Å². The van der Waals surface area contributed by atoms with Gasteiger partial charge in [-0.2, -0.15) is 0 Å². The molecule has 0 amide bonds. The first-order valence-electron chi connectivity index (χ1n) is 6.25. The SMILES string of the molecule is NCc1cc(-c2ccc3ccccc3c2)ccc1F. The number of halogens is 1. The maximum Gasteiger partial charge on any atom is 0.127 e. The van der Waals surface area contributed by atoms with Crippen molar-refractivity contribution in [2.45, 2.75) is 6.54 Å². The summed E-state index contributed by atoms with van der Waals surface area (Å²) in [5, 5.41) is 2.38. The molecule has 3 aromatic carbocycles. The highest BCUT2D eigenvalue weighted by Crippen LogP contribution is 2.25. The van der Waals surface area contributed by atoms with Crippen molar-refractivity contribution >= 4 is 10.8 Å². The molecule has 0 bridgehead atoms. The van der Waals surface area contributed by atoms with Gasteiger partial charge in [-0.3, -0.25) is 0 Å². The van der Waals surface area contributed by atoms with Crippen LogP contribution in [0.4, 0.5) is 4.39 Å². The summed E-state index contributed by atoms with van der Waals surface area (Å²) >= 11 is 0. The van der Waals surface area contributed by atoms with Crippen molar-refractivity contribution in [2.75, 3.05) is 0 Å². The summed E-state index contributed by atoms with van der Waals surface area (Å²) in [6.45, 7) is 0.216. The van der Waals surface area contributed by atoms with Crippen LogP contribution in [0.5, 0.6) is 0 Å². The normalized spacial score (nSPS) is 10.8. The summed E-state index contributed by atoms with van der Waals surface area (Å²) in [7, 11) is 0. The molecule has 0 unspecified atom stereocenters. The van der Waals surface area contributed by atoms with Crippen LogP contribution >= 0.6 is 0 Å². The predicted octanol–water partition coefficient (Wildman–Crippen LogP) is 4.10. The van der Waals surface area contributed by atoms with Gasteiger partial charge < -0.3 is 5.73 Å². The second kappa shape index (κ2) is 4.82. The van der Waals surface area contributed by atoms with Crippen LogP contribution in [0, 0.1) is 5.82 Å². The van der Waals surface area contributed by atoms with Crippen LogP contribution in [0.25, 0.3) is 21.9 Å². The third-order valence-electron chi connectivity index (χ3n) is 3.35. The molecule has 0 radical (unpaired) electrons. The Kier molecular flexibility index (Phi) is 3.02. The molecule has 0 aromatic heterocycles. The molecule has 0 saturated carbocycles. The highest BCUT2D eigenvalue weighted by atomic mass is 19.1. The number of benzene rings is 3. The molecule has 0 spiro atoms. The van der Waals surface area contributed by atoms with Crippen LogP contribution in [-0.4, -0.2) is 0 Å². The number of nitrogens with two attached hydrogens (primary N) is 1. The second-order valence-electron chi connectivity index (χ2n) is 4.57. The maximum atomic E-state index is 13.5. The molecular weight excluding hydrogens is 237 g/mol. The minimum absolute atomic E-state index is 0.216. The third kappa shape index (κ3) is 2.23. The van der Waals surface area contributed by atoms with Crippen molar-refractivity contribution in [1.29, 1.82) is 0 Å². The molecule has 0 atom stereocenters. The van der Waals surface area contributed by atoms with Gasteiger partial charge in [0.25, 0.3) is 0 Å². The number of hydrogen-bond acceptors (Lipinski definition) is 1. The van der Waals surface area contributed by atoms with Crippen LogP contribution in [-0.2, 0) is 6.54 Å². The standard InChI is InChI=1S/C17H14FN/c18-17-8-7-15(10-16(17)11-19)14-6-5-12-3-1-2-4-13(12)9-14/h1-10H,11,19H2. The summed E-state index contributed by atoms with van der Waals surface area (Å²) in [5.74, 6) is -0.243. The van der Waals surface area contributed by atoms with E-state index in [0.717, 1.165) is 11.1 Å². The molecule has 0 saturated heterocycles. The van der Waals surface area contributed by atoms with Crippen molar-refractivity contribution in [3.8, 4) is 11.1 Å². The zero-order valence-corrected chi connectivity index (χ0v) is 10.4. The first kappa shape index (κ1) is 11.9. The van der Waals surface area contributed by atoms with Crippen LogP contribution < -0.4 is 5.73 Å². The molecule has 1 nitrogen and oxygen atoms in total. The van der Waals surface area contributed by atoms with E-state index in [-0.39, 0.29) is 12.4 Å². The Morgan fingerprint density at radius 2 is 1.47 bits per heavy atom. The molecule has 0 aliphatic heterocycles. The van der Waals surface area contributed by atoms with Crippen LogP contribution in [0.2, 0.25) is 0 Å². The third-order valence-corrected chi connectivity index (χ3v) is 3.35. The summed E-state index contributed by atoms with van der Waals surface area (Å²) in [6, 6.07) is 19.5. The number of fused-ring (bicyclic) bond motifs is 1. The summed E-state index contributed by atoms with van der Waals surface area (Å²) in [5.41, 5.74) is 8.17. The van der Waals surface area contributed by atoms with Crippen LogP contribution in [0.15, 0.2) is 60.7 Å². The maximum absolute atomic E-state index is 13.5. The van der Waals surface area contributed by atoms with Gasteiger partial charge in [0.1, 0.15) is 5.82 Å². The van der Waals surface area contributed by atoms with E-state index in [2.05, 4.69) is 30.3 Å². The van der Waals surface area contributed by atoms with Crippen molar-refractivity contribution in [3.05, 3.63) is 72.0 Å². The summed E-state index contributed by atoms with van der Waals surface area (Å²) < 4.78 is 13.5. The van der Waals surface area contributed by atoms with E-state index in [0.29, 0.717) is 5.56 Å². The number of rotatable bonds is 2. The van der Waals surface area contributed by atoms with Crippen molar-refractivity contribution in [2.24, 2.45) is 5.73 Å². The number of hydrogen-bond donors (Lipinski definition) is 1. The zero-order chi connectivity index (χ0) is 13.2. The fourth-order valence-electron chi connectivity index (χ4n) is 2.28. The largest absolute Gasteiger partial charge is 0.326 e. The summed E-state index contributed by atoms with van der Waals surface area (Å²) in [6.07, 6.45) is 0. The lowest BCUT2D eigenvalue weighted by molar-refractivity contribution is 0.611. The lowest BCUT2D eigenvalue weighted by atomic mass is 9.99. The quantitative estimate of drug-likeness (QED) is 0.729. The second-order valence-corrected chi connectivity index (χ2v) is 4.57. The van der Waals surface area contributed by atoms with E-state index in [9.17, 15) is 4.39 Å². The minimum atomic E-state index is -0.243. The lowest BCUT2D eigenvalue weighted by Gasteiger charge is -2.07. The molecule has 94 valence electrons. The molecule has 0 heterocycles. The highest BCUT2D eigenvalue weighted by Gasteiger charge is 2.04. The Morgan fingerprint density at radius 1 is 0.789 bits per heavy atom. The van der Waals surface area contributed by atoms with Gasteiger partial charge in [0, 0.05) is 12.1 Å². The van der Waals surface area contributed by atoms with Crippen LogP contribution in [0.1, 0.15) is 5.56 Å². The van der Waals surface area contributed by atoms with Gasteiger partial charge in [0.2, 0.25) is 0 Å². The smallest absolute Gasteiger partial charge is 0.127 e. The average molecular weight is 251 g/mol. The Bertz CT molecular complexity index is 734. The van der Waals surface area contributed by atoms with Gasteiger partial charge in [-0.1, -0.05) is 42.5 Å². The predicted molar refractivity (Wildman–Crippen MR) is 77.2 cm³/mol. The highest BCUT2D eigenvalue weighted by molar-refractivity contribution is 5.87. The van der Waals surface area contributed by atoms with Gasteiger partial charge in [-0.15, -0.1) is 0 Å². The van der Waals surface area contributed by atoms with Gasteiger partial charge in [0.05, 0.1) is 0 Å². The monoisotopic (exact) mass is 251 g/mol. The molecule has 2 heteroatoms. The Morgan fingerprint density at radius 3 is 2.26 bits per heavy atom. The van der Waals surface area contributed by atoms with Crippen molar-refractivity contribution in [1.82, 2.24) is 0 Å². The van der Waals surface area contributed by atoms with Gasteiger partial charge in [0.15, 0.2) is 0 Å². The van der Waals surface area contributed by atoms with Gasteiger partial charge >= 0.3 is 0 Å². The molecule has 3 rings (SSSR count). The Hall–Kier alpha value is -2.19. The van der Waals surface area contributed by atoms with Crippen LogP contribution in [0.3, 0.4) is 0 Å². The molecule has 0 aliphatic rings. The first-order valence-corrected chi connectivity index (χ1v) is 6.25. The van der Waals surface area contributed by atoms with Gasteiger partial charge in [-0.05, 0) is 40.1 Å². The first-order chi connectivity index (χ1) is 9.28. The fraction of sp³-hybridized carbons (Fsp3) is 0.0588.